The maximum absolute atomic E-state index is 4.28. The number of thioether (sulfide) groups is 1. The number of hydrogen-bond acceptors (Lipinski definition) is 2. The van der Waals surface area contributed by atoms with Crippen LogP contribution in [0.5, 0.6) is 0 Å². The van der Waals surface area contributed by atoms with E-state index >= 15 is 0 Å². The number of hydrogen-bond donors (Lipinski definition) is 0. The summed E-state index contributed by atoms with van der Waals surface area (Å²) in [6.07, 6.45) is 9.81. The number of aryl methyl sites for hydroxylation is 1. The van der Waals surface area contributed by atoms with Crippen LogP contribution in [0.2, 0.25) is 0 Å². The van der Waals surface area contributed by atoms with E-state index in [9.17, 15) is 0 Å². The van der Waals surface area contributed by atoms with Gasteiger partial charge in [-0.3, -0.25) is 4.98 Å². The Bertz CT molecular complexity index is 531. The van der Waals surface area contributed by atoms with E-state index in [1.54, 1.807) is 0 Å². The van der Waals surface area contributed by atoms with Crippen molar-refractivity contribution in [1.82, 2.24) is 9.55 Å². The summed E-state index contributed by atoms with van der Waals surface area (Å²) in [4.78, 5) is 5.67. The fourth-order valence-electron chi connectivity index (χ4n) is 2.37. The smallest absolute Gasteiger partial charge is 0.0347 e. The minimum atomic E-state index is 1.11. The molecule has 0 radical (unpaired) electrons. The third kappa shape index (κ3) is 3.45. The van der Waals surface area contributed by atoms with Crippen molar-refractivity contribution in [3.05, 3.63) is 36.4 Å². The van der Waals surface area contributed by atoms with Crippen LogP contribution in [0.15, 0.2) is 35.6 Å². The second-order valence-corrected chi connectivity index (χ2v) is 6.23. The van der Waals surface area contributed by atoms with Gasteiger partial charge in [-0.25, -0.2) is 0 Å². The molecule has 2 rings (SSSR count). The summed E-state index contributed by atoms with van der Waals surface area (Å²) >= 11 is 1.96. The summed E-state index contributed by atoms with van der Waals surface area (Å²) in [6.45, 7) is 7.82. The van der Waals surface area contributed by atoms with Crippen LogP contribution >= 0.6 is 11.8 Å². The van der Waals surface area contributed by atoms with Crippen LogP contribution in [0.4, 0.5) is 0 Å². The Hall–Kier alpha value is -1.22. The summed E-state index contributed by atoms with van der Waals surface area (Å²) in [5.41, 5.74) is 3.97. The monoisotopic (exact) mass is 288 g/mol. The van der Waals surface area contributed by atoms with Gasteiger partial charge in [0.25, 0.3) is 0 Å². The standard InChI is InChI=1S/C17H24N2S/c1-4-6-10-19-13-16(20-11-5-2)17(14(19)3)15-8-7-9-18-12-15/h7-9,12-13H,4-6,10-11H2,1-3H3. The lowest BCUT2D eigenvalue weighted by Gasteiger charge is -2.07. The van der Waals surface area contributed by atoms with Gasteiger partial charge in [-0.2, -0.15) is 0 Å². The molecule has 0 aliphatic heterocycles. The maximum Gasteiger partial charge on any atom is 0.0347 e. The quantitative estimate of drug-likeness (QED) is 0.655. The Labute approximate surface area is 126 Å². The Balaban J connectivity index is 2.38. The molecule has 0 saturated carbocycles. The Morgan fingerprint density at radius 1 is 1.25 bits per heavy atom. The predicted octanol–water partition coefficient (Wildman–Crippen LogP) is 5.16. The maximum atomic E-state index is 4.28. The largest absolute Gasteiger partial charge is 0.350 e. The molecule has 0 aromatic carbocycles. The van der Waals surface area contributed by atoms with E-state index in [2.05, 4.69) is 42.6 Å². The lowest BCUT2D eigenvalue weighted by molar-refractivity contribution is 0.621. The van der Waals surface area contributed by atoms with Crippen molar-refractivity contribution in [3.63, 3.8) is 0 Å². The Morgan fingerprint density at radius 2 is 2.10 bits per heavy atom. The molecule has 0 atom stereocenters. The fourth-order valence-corrected chi connectivity index (χ4v) is 3.40. The van der Waals surface area contributed by atoms with Crippen molar-refractivity contribution in [2.75, 3.05) is 5.75 Å². The van der Waals surface area contributed by atoms with Gasteiger partial charge in [0.05, 0.1) is 0 Å². The van der Waals surface area contributed by atoms with Gasteiger partial charge in [-0.05, 0) is 31.6 Å². The van der Waals surface area contributed by atoms with Crippen LogP contribution in [-0.2, 0) is 6.54 Å². The molecule has 3 heteroatoms. The highest BCUT2D eigenvalue weighted by Gasteiger charge is 2.14. The van der Waals surface area contributed by atoms with Gasteiger partial charge in [-0.1, -0.05) is 26.3 Å². The molecule has 0 fully saturated rings. The van der Waals surface area contributed by atoms with Crippen molar-refractivity contribution >= 4 is 11.8 Å². The molecule has 0 aliphatic carbocycles. The van der Waals surface area contributed by atoms with Crippen molar-refractivity contribution in [1.29, 1.82) is 0 Å². The van der Waals surface area contributed by atoms with Crippen molar-refractivity contribution in [2.24, 2.45) is 0 Å². The fraction of sp³-hybridized carbons (Fsp3) is 0.471. The molecular formula is C17H24N2S. The molecule has 0 N–H and O–H groups in total. The molecular weight excluding hydrogens is 264 g/mol. The first-order valence-corrected chi connectivity index (χ1v) is 8.49. The molecule has 0 spiro atoms. The zero-order valence-corrected chi connectivity index (χ0v) is 13.5. The van der Waals surface area contributed by atoms with E-state index in [1.807, 2.05) is 30.2 Å². The Morgan fingerprint density at radius 3 is 2.75 bits per heavy atom. The molecule has 0 aliphatic rings. The average Bonchev–Trinajstić information content (AvgIpc) is 2.80. The molecule has 0 unspecified atom stereocenters. The van der Waals surface area contributed by atoms with E-state index in [4.69, 9.17) is 0 Å². The normalized spacial score (nSPS) is 10.9. The molecule has 2 heterocycles. The molecule has 20 heavy (non-hydrogen) atoms. The van der Waals surface area contributed by atoms with Crippen LogP contribution in [0.3, 0.4) is 0 Å². The summed E-state index contributed by atoms with van der Waals surface area (Å²) in [6, 6.07) is 4.18. The number of aromatic nitrogens is 2. The molecule has 2 nitrogen and oxygen atoms in total. The first-order chi connectivity index (χ1) is 9.77. The van der Waals surface area contributed by atoms with E-state index in [1.165, 1.54) is 46.7 Å². The van der Waals surface area contributed by atoms with Gasteiger partial charge in [0, 0.05) is 46.9 Å². The first kappa shape index (κ1) is 15.2. The van der Waals surface area contributed by atoms with Gasteiger partial charge in [0.15, 0.2) is 0 Å². The van der Waals surface area contributed by atoms with E-state index < -0.39 is 0 Å². The van der Waals surface area contributed by atoms with Crippen molar-refractivity contribution < 1.29 is 0 Å². The van der Waals surface area contributed by atoms with E-state index in [0.717, 1.165) is 6.54 Å². The second-order valence-electron chi connectivity index (χ2n) is 5.09. The van der Waals surface area contributed by atoms with Crippen LogP contribution in [0.25, 0.3) is 11.1 Å². The van der Waals surface area contributed by atoms with Gasteiger partial charge in [0.1, 0.15) is 0 Å². The number of nitrogens with zero attached hydrogens (tertiary/aromatic N) is 2. The topological polar surface area (TPSA) is 17.8 Å². The van der Waals surface area contributed by atoms with Crippen LogP contribution < -0.4 is 0 Å². The van der Waals surface area contributed by atoms with E-state index in [-0.39, 0.29) is 0 Å². The number of unbranched alkanes of at least 4 members (excludes halogenated alkanes) is 1. The molecule has 2 aromatic heterocycles. The highest BCUT2D eigenvalue weighted by atomic mass is 32.2. The summed E-state index contributed by atoms with van der Waals surface area (Å²) < 4.78 is 2.41. The molecule has 2 aromatic rings. The minimum absolute atomic E-state index is 1.11. The lowest BCUT2D eigenvalue weighted by atomic mass is 10.1. The average molecular weight is 288 g/mol. The molecule has 108 valence electrons. The lowest BCUT2D eigenvalue weighted by Crippen LogP contribution is -1.98. The van der Waals surface area contributed by atoms with Gasteiger partial charge >= 0.3 is 0 Å². The predicted molar refractivity (Wildman–Crippen MR) is 88.3 cm³/mol. The first-order valence-electron chi connectivity index (χ1n) is 7.50. The highest BCUT2D eigenvalue weighted by molar-refractivity contribution is 7.99. The van der Waals surface area contributed by atoms with Gasteiger partial charge in [-0.15, -0.1) is 11.8 Å². The van der Waals surface area contributed by atoms with Crippen LogP contribution in [-0.4, -0.2) is 15.3 Å². The zero-order chi connectivity index (χ0) is 14.4. The molecule has 0 bridgehead atoms. The Kier molecular flexibility index (Phi) is 5.72. The van der Waals surface area contributed by atoms with Gasteiger partial charge in [0.2, 0.25) is 0 Å². The molecule has 0 amide bonds. The minimum Gasteiger partial charge on any atom is -0.350 e. The summed E-state index contributed by atoms with van der Waals surface area (Å²) in [7, 11) is 0. The zero-order valence-electron chi connectivity index (χ0n) is 12.7. The second kappa shape index (κ2) is 7.53. The highest BCUT2D eigenvalue weighted by Crippen LogP contribution is 2.36. The third-order valence-electron chi connectivity index (χ3n) is 3.48. The van der Waals surface area contributed by atoms with Crippen molar-refractivity contribution in [3.8, 4) is 11.1 Å². The number of rotatable bonds is 7. The number of pyridine rings is 1. The van der Waals surface area contributed by atoms with Gasteiger partial charge < -0.3 is 4.57 Å². The van der Waals surface area contributed by atoms with Crippen LogP contribution in [0, 0.1) is 6.92 Å². The van der Waals surface area contributed by atoms with E-state index in [0.29, 0.717) is 0 Å². The summed E-state index contributed by atoms with van der Waals surface area (Å²) in [5, 5.41) is 0. The third-order valence-corrected chi connectivity index (χ3v) is 4.71. The van der Waals surface area contributed by atoms with Crippen molar-refractivity contribution in [2.45, 2.75) is 51.5 Å². The SMILES string of the molecule is CCCCn1cc(SCCC)c(-c2cccnc2)c1C. The molecule has 0 saturated heterocycles. The summed E-state index contributed by atoms with van der Waals surface area (Å²) in [5.74, 6) is 1.17. The van der Waals surface area contributed by atoms with Crippen LogP contribution in [0.1, 0.15) is 38.8 Å².